The van der Waals surface area contributed by atoms with Gasteiger partial charge in [0.25, 0.3) is 0 Å². The molecular formula is C21H22Cl4N6O9. The highest BCUT2D eigenvalue weighted by Crippen LogP contribution is 2.24. The molecule has 0 spiro atoms. The predicted octanol–water partition coefficient (Wildman–Crippen LogP) is 3.33. The van der Waals surface area contributed by atoms with Crippen LogP contribution >= 0.6 is 46.4 Å². The average molecular weight is 644 g/mol. The van der Waals surface area contributed by atoms with Crippen LogP contribution < -0.4 is 9.47 Å². The first-order valence-corrected chi connectivity index (χ1v) is 11.7. The monoisotopic (exact) mass is 642 g/mol. The summed E-state index contributed by atoms with van der Waals surface area (Å²) < 4.78 is 18.6. The number of esters is 2. The summed E-state index contributed by atoms with van der Waals surface area (Å²) in [5.41, 5.74) is -0.275. The molecule has 2 N–H and O–H groups in total. The Bertz CT molecular complexity index is 1290. The number of methoxy groups -OCH3 is 3. The SMILES string of the molecule is CCOC(=O)c1ncnc(Cl)c1Cl.CO.COC(=O)c1ncnc(OC)c1Cl.COc1ncnc(C(=O)O)c1Cl. The molecule has 0 saturated carbocycles. The Hall–Kier alpha value is -3.63. The summed E-state index contributed by atoms with van der Waals surface area (Å²) in [6, 6.07) is 0. The highest BCUT2D eigenvalue weighted by molar-refractivity contribution is 6.42. The van der Waals surface area contributed by atoms with E-state index in [4.69, 9.17) is 66.1 Å². The zero-order chi connectivity index (χ0) is 30.8. The van der Waals surface area contributed by atoms with E-state index in [-0.39, 0.29) is 55.7 Å². The Kier molecular flexibility index (Phi) is 17.7. The van der Waals surface area contributed by atoms with Gasteiger partial charge < -0.3 is 29.2 Å². The van der Waals surface area contributed by atoms with Crippen molar-refractivity contribution in [2.75, 3.05) is 35.0 Å². The Morgan fingerprint density at radius 2 is 1.12 bits per heavy atom. The number of ether oxygens (including phenoxy) is 4. The molecular weight excluding hydrogens is 622 g/mol. The third kappa shape index (κ3) is 10.9. The maximum atomic E-state index is 11.2. The van der Waals surface area contributed by atoms with Gasteiger partial charge in [-0.05, 0) is 6.92 Å². The summed E-state index contributed by atoms with van der Waals surface area (Å²) in [7, 11) is 4.99. The fourth-order valence-electron chi connectivity index (χ4n) is 2.07. The van der Waals surface area contributed by atoms with Gasteiger partial charge in [0, 0.05) is 7.11 Å². The van der Waals surface area contributed by atoms with E-state index in [1.54, 1.807) is 6.92 Å². The lowest BCUT2D eigenvalue weighted by Crippen LogP contribution is -2.08. The third-order valence-electron chi connectivity index (χ3n) is 3.70. The van der Waals surface area contributed by atoms with Gasteiger partial charge in [-0.1, -0.05) is 46.4 Å². The number of carboxylic acids is 1. The van der Waals surface area contributed by atoms with Crippen LogP contribution in [-0.2, 0) is 9.47 Å². The highest BCUT2D eigenvalue weighted by atomic mass is 35.5. The van der Waals surface area contributed by atoms with E-state index >= 15 is 0 Å². The zero-order valence-electron chi connectivity index (χ0n) is 21.4. The smallest absolute Gasteiger partial charge is 0.358 e. The van der Waals surface area contributed by atoms with Crippen LogP contribution in [0.25, 0.3) is 0 Å². The van der Waals surface area contributed by atoms with Gasteiger partial charge in [0.05, 0.1) is 27.9 Å². The molecule has 3 aromatic rings. The van der Waals surface area contributed by atoms with Gasteiger partial charge in [-0.15, -0.1) is 0 Å². The minimum absolute atomic E-state index is 0.00369. The first kappa shape index (κ1) is 36.4. The van der Waals surface area contributed by atoms with Crippen molar-refractivity contribution in [2.24, 2.45) is 0 Å². The lowest BCUT2D eigenvalue weighted by molar-refractivity contribution is 0.0518. The van der Waals surface area contributed by atoms with Crippen LogP contribution in [-0.4, -0.2) is 93.1 Å². The third-order valence-corrected chi connectivity index (χ3v) is 5.12. The van der Waals surface area contributed by atoms with E-state index in [0.29, 0.717) is 0 Å². The number of hydrogen-bond donors (Lipinski definition) is 2. The van der Waals surface area contributed by atoms with Crippen LogP contribution in [0, 0.1) is 0 Å². The Morgan fingerprint density at radius 3 is 1.55 bits per heavy atom. The number of halogens is 4. The molecule has 0 saturated heterocycles. The predicted molar refractivity (Wildman–Crippen MR) is 142 cm³/mol. The first-order valence-electron chi connectivity index (χ1n) is 10.2. The summed E-state index contributed by atoms with van der Waals surface area (Å²) in [4.78, 5) is 54.4. The maximum Gasteiger partial charge on any atom is 0.358 e. The van der Waals surface area contributed by atoms with Crippen LogP contribution in [0.4, 0.5) is 0 Å². The second-order valence-corrected chi connectivity index (χ2v) is 7.43. The number of hydrogen-bond acceptors (Lipinski definition) is 14. The van der Waals surface area contributed by atoms with Crippen molar-refractivity contribution >= 4 is 64.3 Å². The minimum Gasteiger partial charge on any atom is -0.480 e. The molecule has 40 heavy (non-hydrogen) atoms. The van der Waals surface area contributed by atoms with Crippen molar-refractivity contribution in [3.05, 3.63) is 56.3 Å². The molecule has 0 bridgehead atoms. The molecule has 0 amide bonds. The van der Waals surface area contributed by atoms with Crippen LogP contribution in [0.5, 0.6) is 11.8 Å². The van der Waals surface area contributed by atoms with E-state index in [2.05, 4.69) is 39.4 Å². The van der Waals surface area contributed by atoms with Crippen LogP contribution in [0.1, 0.15) is 38.4 Å². The van der Waals surface area contributed by atoms with Crippen molar-refractivity contribution in [1.29, 1.82) is 0 Å². The first-order chi connectivity index (χ1) is 19.0. The summed E-state index contributed by atoms with van der Waals surface area (Å²) in [6.07, 6.45) is 3.41. The molecule has 0 unspecified atom stereocenters. The maximum absolute atomic E-state index is 11.2. The molecule has 3 aromatic heterocycles. The molecule has 19 heteroatoms. The van der Waals surface area contributed by atoms with Crippen LogP contribution in [0.15, 0.2) is 19.0 Å². The van der Waals surface area contributed by atoms with Crippen LogP contribution in [0.3, 0.4) is 0 Å². The highest BCUT2D eigenvalue weighted by Gasteiger charge is 2.17. The van der Waals surface area contributed by atoms with Gasteiger partial charge >= 0.3 is 17.9 Å². The number of aliphatic hydroxyl groups is 1. The molecule has 0 fully saturated rings. The lowest BCUT2D eigenvalue weighted by atomic mass is 10.4. The van der Waals surface area contributed by atoms with Gasteiger partial charge in [-0.2, -0.15) is 0 Å². The zero-order valence-corrected chi connectivity index (χ0v) is 24.4. The number of rotatable bonds is 6. The fraction of sp³-hybridized carbons (Fsp3) is 0.286. The standard InChI is InChI=1S/C7H6Cl2N2O2.C7H7ClN2O3.C6H5ClN2O3.CH4O/c1-2-13-7(12)5-4(8)6(9)11-3-10-5;1-12-6-4(8)5(7(11)13-2)9-3-10-6;1-12-5-3(7)4(6(10)11)8-2-9-5;1-2/h3H,2H2,1H3;3H,1-2H3;2H,1H3,(H,10,11);2H,1H3. The molecule has 0 aliphatic carbocycles. The summed E-state index contributed by atoms with van der Waals surface area (Å²) >= 11 is 22.5. The van der Waals surface area contributed by atoms with E-state index in [9.17, 15) is 14.4 Å². The Morgan fingerprint density at radius 1 is 0.700 bits per heavy atom. The van der Waals surface area contributed by atoms with E-state index in [1.807, 2.05) is 0 Å². The second kappa shape index (κ2) is 19.4. The number of nitrogens with zero attached hydrogens (tertiary/aromatic N) is 6. The van der Waals surface area contributed by atoms with Gasteiger partial charge in [0.1, 0.15) is 34.0 Å². The van der Waals surface area contributed by atoms with Crippen molar-refractivity contribution < 1.29 is 43.5 Å². The summed E-state index contributed by atoms with van der Waals surface area (Å²) in [5, 5.41) is 15.6. The van der Waals surface area contributed by atoms with Crippen LogP contribution in [0.2, 0.25) is 20.2 Å². The minimum atomic E-state index is -1.21. The molecule has 0 atom stereocenters. The fourth-order valence-corrected chi connectivity index (χ4v) is 2.89. The molecule has 0 aromatic carbocycles. The average Bonchev–Trinajstić information content (AvgIpc) is 2.96. The number of aliphatic hydroxyl groups excluding tert-OH is 1. The van der Waals surface area contributed by atoms with Gasteiger partial charge in [-0.3, -0.25) is 0 Å². The van der Waals surface area contributed by atoms with Gasteiger partial charge in [-0.25, -0.2) is 44.3 Å². The van der Waals surface area contributed by atoms with E-state index < -0.39 is 17.9 Å². The number of carboxylic acid groups (broad SMARTS) is 1. The number of aromatic carboxylic acids is 1. The largest absolute Gasteiger partial charge is 0.480 e. The normalized spacial score (nSPS) is 9.25. The van der Waals surface area contributed by atoms with Crippen molar-refractivity contribution in [3.8, 4) is 11.8 Å². The Balaban J connectivity index is 0.000000553. The molecule has 15 nitrogen and oxygen atoms in total. The molecule has 218 valence electrons. The second-order valence-electron chi connectivity index (χ2n) is 5.94. The van der Waals surface area contributed by atoms with Gasteiger partial charge in [0.15, 0.2) is 22.2 Å². The quantitative estimate of drug-likeness (QED) is 0.292. The van der Waals surface area contributed by atoms with E-state index in [0.717, 1.165) is 19.8 Å². The summed E-state index contributed by atoms with van der Waals surface area (Å²) in [6.45, 7) is 1.95. The van der Waals surface area contributed by atoms with Crippen molar-refractivity contribution in [2.45, 2.75) is 6.92 Å². The summed E-state index contributed by atoms with van der Waals surface area (Å²) in [5.74, 6) is -2.22. The van der Waals surface area contributed by atoms with Crippen molar-refractivity contribution in [1.82, 2.24) is 29.9 Å². The van der Waals surface area contributed by atoms with E-state index in [1.165, 1.54) is 27.7 Å². The van der Waals surface area contributed by atoms with Crippen molar-refractivity contribution in [3.63, 3.8) is 0 Å². The number of carbonyl (C=O) groups is 3. The number of aromatic nitrogens is 6. The van der Waals surface area contributed by atoms with Gasteiger partial charge in [0.2, 0.25) is 11.8 Å². The lowest BCUT2D eigenvalue weighted by Gasteiger charge is -2.03. The molecule has 0 aliphatic rings. The Labute approximate surface area is 247 Å². The molecule has 0 aliphatic heterocycles. The topological polar surface area (TPSA) is 206 Å². The molecule has 0 radical (unpaired) electrons. The molecule has 3 heterocycles. The molecule has 3 rings (SSSR count). The number of carbonyl (C=O) groups excluding carboxylic acids is 2.